The average molecular weight is 728 g/mol. The topological polar surface area (TPSA) is 51.8 Å². The van der Waals surface area contributed by atoms with E-state index in [2.05, 4.69) is 175 Å². The van der Waals surface area contributed by atoms with E-state index in [1.54, 1.807) is 0 Å². The third-order valence-electron chi connectivity index (χ3n) is 11.1. The van der Waals surface area contributed by atoms with E-state index >= 15 is 0 Å². The predicted molar refractivity (Wildman–Crippen MR) is 235 cm³/mol. The molecule has 0 saturated heterocycles. The van der Waals surface area contributed by atoms with Crippen molar-refractivity contribution in [1.29, 1.82) is 0 Å². The number of benzene rings is 9. The molecule has 9 aromatic carbocycles. The summed E-state index contributed by atoms with van der Waals surface area (Å²) < 4.78 is 7.11. The van der Waals surface area contributed by atoms with Crippen LogP contribution in [0, 0.1) is 0 Å². The van der Waals surface area contributed by atoms with Crippen LogP contribution in [-0.4, -0.2) is 15.4 Å². The predicted octanol–water partition coefficient (Wildman–Crippen LogP) is 14.1. The molecule has 0 N–H and O–H groups in total. The van der Waals surface area contributed by atoms with Crippen LogP contribution in [0.4, 0.5) is 0 Å². The Morgan fingerprint density at radius 1 is 0.333 bits per heavy atom. The van der Waals surface area contributed by atoms with E-state index in [1.165, 1.54) is 10.8 Å². The van der Waals surface area contributed by atoms with Crippen molar-refractivity contribution < 1.29 is 4.42 Å². The number of fused-ring (bicyclic) bond motifs is 6. The first-order valence-electron chi connectivity index (χ1n) is 19.2. The molecule has 0 fully saturated rings. The normalized spacial score (nSPS) is 11.5. The lowest BCUT2D eigenvalue weighted by Gasteiger charge is -2.24. The Labute approximate surface area is 329 Å². The van der Waals surface area contributed by atoms with Gasteiger partial charge in [-0.2, -0.15) is 0 Å². The fraction of sp³-hybridized carbons (Fsp3) is 0. The minimum atomic E-state index is 0.732. The van der Waals surface area contributed by atoms with Crippen molar-refractivity contribution in [1.82, 2.24) is 15.4 Å². The summed E-state index contributed by atoms with van der Waals surface area (Å²) in [7, 11) is 0. The van der Waals surface area contributed by atoms with E-state index in [4.69, 9.17) is 14.6 Å². The molecular formula is C53H33N3O. The molecule has 266 valence electrons. The van der Waals surface area contributed by atoms with Gasteiger partial charge in [0.15, 0.2) is 0 Å². The molecule has 2 aromatic heterocycles. The van der Waals surface area contributed by atoms with Gasteiger partial charge in [-0.1, -0.05) is 188 Å². The molecule has 0 saturated carbocycles. The molecule has 11 aromatic rings. The summed E-state index contributed by atoms with van der Waals surface area (Å²) in [5.74, 6) is 0. The minimum absolute atomic E-state index is 0.732. The van der Waals surface area contributed by atoms with Gasteiger partial charge in [-0.15, -0.1) is 10.2 Å². The summed E-state index contributed by atoms with van der Waals surface area (Å²) in [6, 6.07) is 70.3. The molecule has 57 heavy (non-hydrogen) atoms. The standard InChI is InChI=1S/C53H33N3O/c1-5-19-34(20-6-1)45-46(35-21-7-2-8-22-35)53-49(42-31-17-18-32-44(42)57-53)50(48(45)43-33-38-27-13-14-28-39(38)40-29-15-16-30-41(40)43)52-47(36-23-9-3-10-24-36)51(54-56-55-52)37-25-11-4-12-26-37/h1-33H. The molecule has 0 unspecified atom stereocenters. The first-order valence-corrected chi connectivity index (χ1v) is 19.2. The van der Waals surface area contributed by atoms with Crippen molar-refractivity contribution in [2.24, 2.45) is 0 Å². The summed E-state index contributed by atoms with van der Waals surface area (Å²) in [5, 5.41) is 21.2. The highest BCUT2D eigenvalue weighted by Gasteiger charge is 2.32. The van der Waals surface area contributed by atoms with Crippen LogP contribution in [-0.2, 0) is 0 Å². The maximum absolute atomic E-state index is 7.11. The van der Waals surface area contributed by atoms with Gasteiger partial charge < -0.3 is 4.42 Å². The lowest BCUT2D eigenvalue weighted by atomic mass is 9.78. The molecule has 0 aliphatic heterocycles. The summed E-state index contributed by atoms with van der Waals surface area (Å²) in [5.41, 5.74) is 13.3. The molecule has 4 heteroatoms. The van der Waals surface area contributed by atoms with Crippen molar-refractivity contribution in [3.05, 3.63) is 200 Å². The van der Waals surface area contributed by atoms with Gasteiger partial charge in [0, 0.05) is 44.2 Å². The largest absolute Gasteiger partial charge is 0.455 e. The van der Waals surface area contributed by atoms with Crippen LogP contribution in [0.2, 0.25) is 0 Å². The highest BCUT2D eigenvalue weighted by molar-refractivity contribution is 6.27. The van der Waals surface area contributed by atoms with Crippen LogP contribution in [0.15, 0.2) is 205 Å². The highest BCUT2D eigenvalue weighted by Crippen LogP contribution is 2.56. The van der Waals surface area contributed by atoms with Gasteiger partial charge in [0.2, 0.25) is 0 Å². The van der Waals surface area contributed by atoms with Crippen LogP contribution in [0.25, 0.3) is 111 Å². The molecular weight excluding hydrogens is 695 g/mol. The smallest absolute Gasteiger partial charge is 0.144 e. The number of furan rings is 1. The van der Waals surface area contributed by atoms with Crippen molar-refractivity contribution in [2.75, 3.05) is 0 Å². The van der Waals surface area contributed by atoms with Crippen LogP contribution in [0.5, 0.6) is 0 Å². The van der Waals surface area contributed by atoms with Crippen LogP contribution in [0.3, 0.4) is 0 Å². The Bertz CT molecular complexity index is 3270. The Morgan fingerprint density at radius 3 is 1.49 bits per heavy atom. The van der Waals surface area contributed by atoms with Gasteiger partial charge in [-0.05, 0) is 61.1 Å². The van der Waals surface area contributed by atoms with Gasteiger partial charge >= 0.3 is 0 Å². The lowest BCUT2D eigenvalue weighted by Crippen LogP contribution is -2.03. The van der Waals surface area contributed by atoms with Crippen molar-refractivity contribution in [3.63, 3.8) is 0 Å². The fourth-order valence-electron chi connectivity index (χ4n) is 8.67. The summed E-state index contributed by atoms with van der Waals surface area (Å²) in [6.45, 7) is 0. The maximum atomic E-state index is 7.11. The zero-order valence-corrected chi connectivity index (χ0v) is 30.8. The van der Waals surface area contributed by atoms with Gasteiger partial charge in [0.25, 0.3) is 0 Å². The maximum Gasteiger partial charge on any atom is 0.144 e. The monoisotopic (exact) mass is 727 g/mol. The molecule has 11 rings (SSSR count). The fourth-order valence-corrected chi connectivity index (χ4v) is 8.67. The SMILES string of the molecule is c1ccc(-c2nnnc(-c3c(-c4cc5ccccc5c5ccccc45)c(-c4ccccc4)c(-c4ccccc4)c4oc5ccccc5c34)c2-c2ccccc2)cc1. The van der Waals surface area contributed by atoms with Crippen molar-refractivity contribution in [2.45, 2.75) is 0 Å². The molecule has 0 bridgehead atoms. The van der Waals surface area contributed by atoms with Crippen molar-refractivity contribution >= 4 is 43.5 Å². The highest BCUT2D eigenvalue weighted by atomic mass is 16.3. The molecule has 0 amide bonds. The Hall–Kier alpha value is -7.69. The third kappa shape index (κ3) is 5.34. The number of nitrogens with zero attached hydrogens (tertiary/aromatic N) is 3. The minimum Gasteiger partial charge on any atom is -0.455 e. The van der Waals surface area contributed by atoms with Gasteiger partial charge in [-0.25, -0.2) is 0 Å². The summed E-state index contributed by atoms with van der Waals surface area (Å²) >= 11 is 0. The summed E-state index contributed by atoms with van der Waals surface area (Å²) in [4.78, 5) is 0. The molecule has 4 nitrogen and oxygen atoms in total. The van der Waals surface area contributed by atoms with Gasteiger partial charge in [0.1, 0.15) is 22.6 Å². The van der Waals surface area contributed by atoms with Crippen LogP contribution in [0.1, 0.15) is 0 Å². The molecule has 0 atom stereocenters. The number of hydrogen-bond acceptors (Lipinski definition) is 4. The molecule has 2 heterocycles. The number of aromatic nitrogens is 3. The van der Waals surface area contributed by atoms with E-state index < -0.39 is 0 Å². The zero-order chi connectivity index (χ0) is 37.7. The average Bonchev–Trinajstić information content (AvgIpc) is 3.68. The Balaban J connectivity index is 1.45. The first-order chi connectivity index (χ1) is 28.3. The van der Waals surface area contributed by atoms with Crippen LogP contribution < -0.4 is 0 Å². The first kappa shape index (κ1) is 32.7. The second kappa shape index (κ2) is 13.6. The van der Waals surface area contributed by atoms with Crippen LogP contribution >= 0.6 is 0 Å². The van der Waals surface area contributed by atoms with Gasteiger partial charge in [-0.3, -0.25) is 0 Å². The summed E-state index contributed by atoms with van der Waals surface area (Å²) in [6.07, 6.45) is 0. The molecule has 0 aliphatic rings. The molecule has 0 radical (unpaired) electrons. The van der Waals surface area contributed by atoms with E-state index in [9.17, 15) is 0 Å². The Morgan fingerprint density at radius 2 is 0.825 bits per heavy atom. The lowest BCUT2D eigenvalue weighted by molar-refractivity contribution is 0.670. The van der Waals surface area contributed by atoms with E-state index in [0.717, 1.165) is 99.7 Å². The van der Waals surface area contributed by atoms with Gasteiger partial charge in [0.05, 0.1) is 0 Å². The molecule has 0 spiro atoms. The van der Waals surface area contributed by atoms with E-state index in [0.29, 0.717) is 0 Å². The Kier molecular flexibility index (Phi) is 7.78. The number of para-hydroxylation sites is 1. The molecule has 0 aliphatic carbocycles. The second-order valence-electron chi connectivity index (χ2n) is 14.3. The third-order valence-corrected chi connectivity index (χ3v) is 11.1. The second-order valence-corrected chi connectivity index (χ2v) is 14.3. The quantitative estimate of drug-likeness (QED) is 0.160. The van der Waals surface area contributed by atoms with E-state index in [1.807, 2.05) is 30.3 Å². The number of hydrogen-bond donors (Lipinski definition) is 0. The number of rotatable bonds is 6. The van der Waals surface area contributed by atoms with Crippen molar-refractivity contribution in [3.8, 4) is 67.0 Å². The van der Waals surface area contributed by atoms with E-state index in [-0.39, 0.29) is 0 Å². The zero-order valence-electron chi connectivity index (χ0n) is 30.8.